The molecule has 0 radical (unpaired) electrons. The van der Waals surface area contributed by atoms with Gasteiger partial charge in [0.15, 0.2) is 0 Å². The third-order valence-electron chi connectivity index (χ3n) is 2.57. The summed E-state index contributed by atoms with van der Waals surface area (Å²) in [7, 11) is 0. The third kappa shape index (κ3) is 6.06. The molecule has 0 saturated carbocycles. The molecule has 1 unspecified atom stereocenters. The van der Waals surface area contributed by atoms with Crippen molar-refractivity contribution in [2.45, 2.75) is 45.1 Å². The molecule has 0 fully saturated rings. The summed E-state index contributed by atoms with van der Waals surface area (Å²) in [4.78, 5) is 18.6. The SMILES string of the molecule is CCCC(N)CC(=O)NCCCc1ncc[nH]1. The fraction of sp³-hybridized carbons (Fsp3) is 0.667. The van der Waals surface area contributed by atoms with Crippen molar-refractivity contribution in [1.29, 1.82) is 0 Å². The van der Waals surface area contributed by atoms with Crippen molar-refractivity contribution < 1.29 is 4.79 Å². The van der Waals surface area contributed by atoms with Crippen LogP contribution in [-0.2, 0) is 11.2 Å². The molecule has 1 rings (SSSR count). The second-order valence-electron chi connectivity index (χ2n) is 4.24. The van der Waals surface area contributed by atoms with Crippen molar-refractivity contribution in [2.24, 2.45) is 5.73 Å². The Labute approximate surface area is 102 Å². The Hall–Kier alpha value is -1.36. The van der Waals surface area contributed by atoms with Crippen LogP contribution < -0.4 is 11.1 Å². The van der Waals surface area contributed by atoms with E-state index in [4.69, 9.17) is 5.73 Å². The summed E-state index contributed by atoms with van der Waals surface area (Å²) < 4.78 is 0. The number of H-pyrrole nitrogens is 1. The number of aromatic amines is 1. The van der Waals surface area contributed by atoms with Gasteiger partial charge in [0, 0.05) is 37.8 Å². The highest BCUT2D eigenvalue weighted by Gasteiger charge is 2.07. The number of amides is 1. The van der Waals surface area contributed by atoms with E-state index < -0.39 is 0 Å². The molecule has 1 amide bonds. The molecular weight excluding hydrogens is 216 g/mol. The van der Waals surface area contributed by atoms with Crippen LogP contribution in [0.3, 0.4) is 0 Å². The van der Waals surface area contributed by atoms with E-state index in [-0.39, 0.29) is 11.9 Å². The largest absolute Gasteiger partial charge is 0.356 e. The molecule has 5 nitrogen and oxygen atoms in total. The van der Waals surface area contributed by atoms with E-state index in [1.54, 1.807) is 12.4 Å². The lowest BCUT2D eigenvalue weighted by Gasteiger charge is -2.10. The van der Waals surface area contributed by atoms with Gasteiger partial charge in [-0.2, -0.15) is 0 Å². The normalized spacial score (nSPS) is 12.4. The van der Waals surface area contributed by atoms with E-state index >= 15 is 0 Å². The smallest absolute Gasteiger partial charge is 0.221 e. The second kappa shape index (κ2) is 7.84. The van der Waals surface area contributed by atoms with Crippen LogP contribution in [0, 0.1) is 0 Å². The standard InChI is InChI=1S/C12H22N4O/c1-2-4-10(13)9-12(17)16-6-3-5-11-14-7-8-15-11/h7-8,10H,2-6,9,13H2,1H3,(H,14,15)(H,16,17). The molecule has 1 aromatic rings. The van der Waals surface area contributed by atoms with Gasteiger partial charge >= 0.3 is 0 Å². The topological polar surface area (TPSA) is 83.8 Å². The first-order valence-corrected chi connectivity index (χ1v) is 6.23. The highest BCUT2D eigenvalue weighted by atomic mass is 16.1. The molecule has 0 bridgehead atoms. The lowest BCUT2D eigenvalue weighted by molar-refractivity contribution is -0.121. The number of aromatic nitrogens is 2. The number of carbonyl (C=O) groups is 1. The highest BCUT2D eigenvalue weighted by Crippen LogP contribution is 1.98. The number of hydrogen-bond acceptors (Lipinski definition) is 3. The van der Waals surface area contributed by atoms with Crippen LogP contribution in [0.2, 0.25) is 0 Å². The Morgan fingerprint density at radius 2 is 2.47 bits per heavy atom. The van der Waals surface area contributed by atoms with Crippen LogP contribution in [0.25, 0.3) is 0 Å². The molecule has 0 aromatic carbocycles. The molecule has 0 spiro atoms. The Kier molecular flexibility index (Phi) is 6.32. The molecule has 5 heteroatoms. The Bertz CT molecular complexity index is 310. The predicted molar refractivity (Wildman–Crippen MR) is 67.4 cm³/mol. The maximum absolute atomic E-state index is 11.5. The molecule has 1 heterocycles. The minimum atomic E-state index is -0.00919. The van der Waals surface area contributed by atoms with Gasteiger partial charge in [-0.25, -0.2) is 4.98 Å². The van der Waals surface area contributed by atoms with Crippen molar-refractivity contribution in [3.8, 4) is 0 Å². The number of nitrogens with zero attached hydrogens (tertiary/aromatic N) is 1. The van der Waals surface area contributed by atoms with Gasteiger partial charge in [-0.3, -0.25) is 4.79 Å². The Morgan fingerprint density at radius 3 is 3.12 bits per heavy atom. The summed E-state index contributed by atoms with van der Waals surface area (Å²) in [6.07, 6.45) is 7.63. The van der Waals surface area contributed by atoms with Gasteiger partial charge < -0.3 is 16.0 Å². The Balaban J connectivity index is 2.04. The molecular formula is C12H22N4O. The minimum Gasteiger partial charge on any atom is -0.356 e. The van der Waals surface area contributed by atoms with Crippen LogP contribution in [0.1, 0.15) is 38.4 Å². The fourth-order valence-electron chi connectivity index (χ4n) is 1.70. The third-order valence-corrected chi connectivity index (χ3v) is 2.57. The van der Waals surface area contributed by atoms with Gasteiger partial charge in [0.2, 0.25) is 5.91 Å². The van der Waals surface area contributed by atoms with E-state index in [0.29, 0.717) is 13.0 Å². The van der Waals surface area contributed by atoms with Gasteiger partial charge in [0.25, 0.3) is 0 Å². The summed E-state index contributed by atoms with van der Waals surface area (Å²) in [6.45, 7) is 2.75. The van der Waals surface area contributed by atoms with E-state index in [9.17, 15) is 4.79 Å². The number of hydrogen-bond donors (Lipinski definition) is 3. The van der Waals surface area contributed by atoms with Crippen molar-refractivity contribution >= 4 is 5.91 Å². The maximum Gasteiger partial charge on any atom is 0.221 e. The van der Waals surface area contributed by atoms with E-state index in [1.165, 1.54) is 0 Å². The average Bonchev–Trinajstić information content (AvgIpc) is 2.77. The van der Waals surface area contributed by atoms with Crippen molar-refractivity contribution in [3.05, 3.63) is 18.2 Å². The van der Waals surface area contributed by atoms with Crippen LogP contribution in [-0.4, -0.2) is 28.5 Å². The van der Waals surface area contributed by atoms with Crippen LogP contribution in [0.5, 0.6) is 0 Å². The number of rotatable bonds is 8. The van der Waals surface area contributed by atoms with Gasteiger partial charge in [-0.1, -0.05) is 13.3 Å². The van der Waals surface area contributed by atoms with E-state index in [1.807, 2.05) is 0 Å². The first-order valence-electron chi connectivity index (χ1n) is 6.23. The Morgan fingerprint density at radius 1 is 1.65 bits per heavy atom. The number of imidazole rings is 1. The number of aryl methyl sites for hydroxylation is 1. The number of carbonyl (C=O) groups excluding carboxylic acids is 1. The number of nitrogens with two attached hydrogens (primary N) is 1. The van der Waals surface area contributed by atoms with Gasteiger partial charge in [-0.05, 0) is 12.8 Å². The molecule has 17 heavy (non-hydrogen) atoms. The van der Waals surface area contributed by atoms with Gasteiger partial charge in [-0.15, -0.1) is 0 Å². The summed E-state index contributed by atoms with van der Waals surface area (Å²) in [5.41, 5.74) is 5.79. The molecule has 0 saturated heterocycles. The van der Waals surface area contributed by atoms with Crippen molar-refractivity contribution in [2.75, 3.05) is 6.54 Å². The van der Waals surface area contributed by atoms with Gasteiger partial charge in [0.1, 0.15) is 5.82 Å². The minimum absolute atomic E-state index is 0.00919. The predicted octanol–water partition coefficient (Wildman–Crippen LogP) is 0.976. The average molecular weight is 238 g/mol. The fourth-order valence-corrected chi connectivity index (χ4v) is 1.70. The highest BCUT2D eigenvalue weighted by molar-refractivity contribution is 5.76. The van der Waals surface area contributed by atoms with E-state index in [2.05, 4.69) is 22.2 Å². The van der Waals surface area contributed by atoms with Crippen molar-refractivity contribution in [3.63, 3.8) is 0 Å². The van der Waals surface area contributed by atoms with Gasteiger partial charge in [0.05, 0.1) is 0 Å². The first-order chi connectivity index (χ1) is 8.22. The van der Waals surface area contributed by atoms with Crippen molar-refractivity contribution in [1.82, 2.24) is 15.3 Å². The van der Waals surface area contributed by atoms with Crippen LogP contribution >= 0.6 is 0 Å². The lowest BCUT2D eigenvalue weighted by Crippen LogP contribution is -2.32. The zero-order chi connectivity index (χ0) is 12.5. The lowest BCUT2D eigenvalue weighted by atomic mass is 10.1. The summed E-state index contributed by atoms with van der Waals surface area (Å²) in [5, 5.41) is 2.87. The molecule has 0 aliphatic rings. The first kappa shape index (κ1) is 13.7. The molecule has 96 valence electrons. The molecule has 4 N–H and O–H groups in total. The summed E-state index contributed by atoms with van der Waals surface area (Å²) in [5.74, 6) is 1.01. The molecule has 1 aromatic heterocycles. The number of nitrogens with one attached hydrogen (secondary N) is 2. The molecule has 0 aliphatic carbocycles. The monoisotopic (exact) mass is 238 g/mol. The quantitative estimate of drug-likeness (QED) is 0.590. The molecule has 0 aliphatic heterocycles. The van der Waals surface area contributed by atoms with E-state index in [0.717, 1.165) is 31.5 Å². The zero-order valence-electron chi connectivity index (χ0n) is 10.4. The summed E-state index contributed by atoms with van der Waals surface area (Å²) in [6, 6.07) is -0.00919. The zero-order valence-corrected chi connectivity index (χ0v) is 10.4. The maximum atomic E-state index is 11.5. The summed E-state index contributed by atoms with van der Waals surface area (Å²) >= 11 is 0. The molecule has 1 atom stereocenters. The second-order valence-corrected chi connectivity index (χ2v) is 4.24. The van der Waals surface area contributed by atoms with Crippen LogP contribution in [0.15, 0.2) is 12.4 Å². The van der Waals surface area contributed by atoms with Crippen LogP contribution in [0.4, 0.5) is 0 Å².